The predicted molar refractivity (Wildman–Crippen MR) is 183 cm³/mol. The summed E-state index contributed by atoms with van der Waals surface area (Å²) < 4.78 is 44.1. The zero-order chi connectivity index (χ0) is 37.2. The van der Waals surface area contributed by atoms with E-state index in [2.05, 4.69) is 10.6 Å². The number of ether oxygens (including phenoxy) is 8. The lowest BCUT2D eigenvalue weighted by Gasteiger charge is -2.27. The van der Waals surface area contributed by atoms with E-state index in [1.165, 1.54) is 28.4 Å². The number of alkyl carbamates (subject to hydrolysis) is 1. The first-order valence-corrected chi connectivity index (χ1v) is 16.3. The molecule has 0 aliphatic carbocycles. The Hall–Kier alpha value is -4.88. The summed E-state index contributed by atoms with van der Waals surface area (Å²) in [5, 5.41) is 5.28. The van der Waals surface area contributed by atoms with Crippen LogP contribution in [0.2, 0.25) is 0 Å². The van der Waals surface area contributed by atoms with Crippen molar-refractivity contribution in [3.05, 3.63) is 35.4 Å². The van der Waals surface area contributed by atoms with Crippen LogP contribution in [0.5, 0.6) is 34.5 Å². The second-order valence-corrected chi connectivity index (χ2v) is 13.6. The number of carbonyl (C=O) groups is 4. The number of methoxy groups -OCH3 is 4. The summed E-state index contributed by atoms with van der Waals surface area (Å²) in [5.41, 5.74) is -0.498. The number of fused-ring (bicyclic) bond motifs is 1. The van der Waals surface area contributed by atoms with Crippen molar-refractivity contribution in [1.82, 2.24) is 10.6 Å². The first kappa shape index (κ1) is 39.6. The molecule has 3 rings (SSSR count). The summed E-state index contributed by atoms with van der Waals surface area (Å²) in [5.74, 6) is 0.110. The highest BCUT2D eigenvalue weighted by atomic mass is 16.6. The molecule has 0 saturated carbocycles. The van der Waals surface area contributed by atoms with E-state index in [-0.39, 0.29) is 53.8 Å². The van der Waals surface area contributed by atoms with Gasteiger partial charge in [-0.05, 0) is 84.9 Å². The third-order valence-electron chi connectivity index (χ3n) is 7.34. The third kappa shape index (κ3) is 11.1. The number of unbranched alkanes of at least 4 members (excludes halogenated alkanes) is 1. The van der Waals surface area contributed by atoms with Crippen LogP contribution >= 0.6 is 0 Å². The van der Waals surface area contributed by atoms with Crippen molar-refractivity contribution in [2.45, 2.75) is 84.5 Å². The van der Waals surface area contributed by atoms with Gasteiger partial charge in [-0.3, -0.25) is 4.79 Å². The van der Waals surface area contributed by atoms with E-state index in [4.69, 9.17) is 37.9 Å². The highest BCUT2D eigenvalue weighted by Crippen LogP contribution is 2.47. The fourth-order valence-electron chi connectivity index (χ4n) is 5.19. The predicted octanol–water partition coefficient (Wildman–Crippen LogP) is 5.65. The maximum absolute atomic E-state index is 13.7. The Morgan fingerprint density at radius 3 is 2.08 bits per heavy atom. The topological polar surface area (TPSA) is 166 Å². The molecule has 0 radical (unpaired) electrons. The fraction of sp³-hybridized carbons (Fsp3) is 0.556. The highest BCUT2D eigenvalue weighted by molar-refractivity contribution is 6.05. The normalized spacial score (nSPS) is 14.7. The Morgan fingerprint density at radius 2 is 1.48 bits per heavy atom. The molecule has 2 N–H and O–H groups in total. The molecule has 2 atom stereocenters. The van der Waals surface area contributed by atoms with Crippen molar-refractivity contribution in [3.8, 4) is 34.5 Å². The van der Waals surface area contributed by atoms with Crippen molar-refractivity contribution < 1.29 is 57.1 Å². The minimum atomic E-state index is -1.03. The van der Waals surface area contributed by atoms with Crippen LogP contribution in [-0.4, -0.2) is 82.8 Å². The molecule has 2 aromatic carbocycles. The first-order chi connectivity index (χ1) is 23.5. The van der Waals surface area contributed by atoms with E-state index < -0.39 is 41.3 Å². The van der Waals surface area contributed by atoms with Crippen LogP contribution in [0.15, 0.2) is 24.3 Å². The van der Waals surface area contributed by atoms with Gasteiger partial charge in [0, 0.05) is 12.6 Å². The molecule has 0 spiro atoms. The Kier molecular flexibility index (Phi) is 13.6. The monoisotopic (exact) mass is 702 g/mol. The SMILES string of the molecule is COc1ccc(CC2COc3cc(OC)c(OC)c(OC)c3C2=O)cc1OC(=O)N[C@@H](CCCCNC(=O)OC(C)(C)C)C(=O)OC(C)(C)C. The minimum Gasteiger partial charge on any atom is -0.493 e. The minimum absolute atomic E-state index is 0.0839. The van der Waals surface area contributed by atoms with Gasteiger partial charge >= 0.3 is 18.2 Å². The van der Waals surface area contributed by atoms with Gasteiger partial charge in [-0.25, -0.2) is 14.4 Å². The summed E-state index contributed by atoms with van der Waals surface area (Å²) >= 11 is 0. The van der Waals surface area contributed by atoms with E-state index in [1.54, 1.807) is 65.8 Å². The van der Waals surface area contributed by atoms with Crippen LogP contribution in [0.25, 0.3) is 0 Å². The Morgan fingerprint density at radius 1 is 0.820 bits per heavy atom. The lowest BCUT2D eigenvalue weighted by molar-refractivity contribution is -0.157. The number of hydrogen-bond acceptors (Lipinski definition) is 12. The molecule has 50 heavy (non-hydrogen) atoms. The summed E-state index contributed by atoms with van der Waals surface area (Å²) in [4.78, 5) is 51.8. The van der Waals surface area contributed by atoms with E-state index in [0.717, 1.165) is 0 Å². The first-order valence-electron chi connectivity index (χ1n) is 16.3. The summed E-state index contributed by atoms with van der Waals surface area (Å²) in [6.07, 6.45) is 0.0248. The number of nitrogens with one attached hydrogen (secondary N) is 2. The van der Waals surface area contributed by atoms with Gasteiger partial charge in [0.1, 0.15) is 28.6 Å². The summed E-state index contributed by atoms with van der Waals surface area (Å²) in [6.45, 7) is 10.9. The fourth-order valence-corrected chi connectivity index (χ4v) is 5.19. The second-order valence-electron chi connectivity index (χ2n) is 13.6. The number of amides is 2. The molecule has 0 saturated heterocycles. The van der Waals surface area contributed by atoms with Crippen LogP contribution in [-0.2, 0) is 20.7 Å². The van der Waals surface area contributed by atoms with E-state index in [9.17, 15) is 19.2 Å². The smallest absolute Gasteiger partial charge is 0.413 e. The molecule has 2 aromatic rings. The van der Waals surface area contributed by atoms with Crippen LogP contribution in [0, 0.1) is 5.92 Å². The average Bonchev–Trinajstić information content (AvgIpc) is 3.02. The highest BCUT2D eigenvalue weighted by Gasteiger charge is 2.36. The van der Waals surface area contributed by atoms with Crippen LogP contribution in [0.3, 0.4) is 0 Å². The van der Waals surface area contributed by atoms with Gasteiger partial charge in [0.2, 0.25) is 5.75 Å². The van der Waals surface area contributed by atoms with Crippen molar-refractivity contribution in [2.75, 3.05) is 41.6 Å². The maximum atomic E-state index is 13.7. The number of benzene rings is 2. The van der Waals surface area contributed by atoms with Gasteiger partial charge in [-0.1, -0.05) is 6.07 Å². The van der Waals surface area contributed by atoms with Crippen molar-refractivity contribution >= 4 is 23.9 Å². The number of rotatable bonds is 14. The van der Waals surface area contributed by atoms with Gasteiger partial charge in [0.05, 0.1) is 41.0 Å². The molecule has 1 aliphatic heterocycles. The largest absolute Gasteiger partial charge is 0.493 e. The van der Waals surface area contributed by atoms with Gasteiger partial charge < -0.3 is 48.5 Å². The van der Waals surface area contributed by atoms with Gasteiger partial charge in [-0.2, -0.15) is 0 Å². The Bertz CT molecular complexity index is 1530. The maximum Gasteiger partial charge on any atom is 0.413 e. The van der Waals surface area contributed by atoms with Crippen LogP contribution in [0.1, 0.15) is 76.7 Å². The summed E-state index contributed by atoms with van der Waals surface area (Å²) in [7, 11) is 5.80. The molecule has 1 aliphatic rings. The number of hydrogen-bond donors (Lipinski definition) is 2. The molecule has 1 unspecified atom stereocenters. The molecule has 2 amide bonds. The van der Waals surface area contributed by atoms with Crippen molar-refractivity contribution in [1.29, 1.82) is 0 Å². The third-order valence-corrected chi connectivity index (χ3v) is 7.34. The second kappa shape index (κ2) is 17.2. The van der Waals surface area contributed by atoms with E-state index in [0.29, 0.717) is 36.4 Å². The standard InChI is InChI=1S/C36H50N2O12/c1-35(2,3)49-32(40)23(13-11-12-16-37-33(41)50-36(4,5)6)38-34(42)48-25-18-21(14-15-24(25)43-7)17-22-20-47-26-19-27(44-8)30(45-9)31(46-10)28(26)29(22)39/h14-15,18-19,22-23H,11-13,16-17,20H2,1-10H3,(H,37,41)(H,38,42)/t22?,23-/m0/s1. The Labute approximate surface area is 293 Å². The van der Waals surface area contributed by atoms with Crippen molar-refractivity contribution in [2.24, 2.45) is 5.92 Å². The lowest BCUT2D eigenvalue weighted by atomic mass is 9.88. The quantitative estimate of drug-likeness (QED) is 0.184. The molecule has 0 aromatic heterocycles. The number of carbonyl (C=O) groups excluding carboxylic acids is 4. The molecular weight excluding hydrogens is 652 g/mol. The van der Waals surface area contributed by atoms with E-state index >= 15 is 0 Å². The number of ketones is 1. The molecular formula is C36H50N2O12. The molecule has 0 bridgehead atoms. The molecule has 276 valence electrons. The molecule has 0 fully saturated rings. The number of esters is 1. The van der Waals surface area contributed by atoms with E-state index in [1.807, 2.05) is 0 Å². The molecule has 14 nitrogen and oxygen atoms in total. The van der Waals surface area contributed by atoms with Crippen molar-refractivity contribution in [3.63, 3.8) is 0 Å². The molecule has 1 heterocycles. The van der Waals surface area contributed by atoms with Gasteiger partial charge in [-0.15, -0.1) is 0 Å². The number of Topliss-reactive ketones (excluding diaryl/α,β-unsaturated/α-hetero) is 1. The van der Waals surface area contributed by atoms with Crippen LogP contribution < -0.4 is 39.1 Å². The zero-order valence-electron chi connectivity index (χ0n) is 30.6. The zero-order valence-corrected chi connectivity index (χ0v) is 30.6. The summed E-state index contributed by atoms with van der Waals surface area (Å²) in [6, 6.07) is 5.54. The lowest BCUT2D eigenvalue weighted by Crippen LogP contribution is -2.45. The average molecular weight is 703 g/mol. The Balaban J connectivity index is 1.72. The van der Waals surface area contributed by atoms with Gasteiger partial charge in [0.15, 0.2) is 28.8 Å². The molecule has 14 heteroatoms. The van der Waals surface area contributed by atoms with Crippen LogP contribution in [0.4, 0.5) is 9.59 Å². The van der Waals surface area contributed by atoms with Gasteiger partial charge in [0.25, 0.3) is 0 Å².